The van der Waals surface area contributed by atoms with Gasteiger partial charge in [-0.2, -0.15) is 5.26 Å². The van der Waals surface area contributed by atoms with E-state index in [9.17, 15) is 4.79 Å². The zero-order valence-electron chi connectivity index (χ0n) is 15.0. The van der Waals surface area contributed by atoms with Crippen LogP contribution in [0, 0.1) is 11.3 Å². The lowest BCUT2D eigenvalue weighted by atomic mass is 10.0. The first-order chi connectivity index (χ1) is 12.2. The van der Waals surface area contributed by atoms with Crippen molar-refractivity contribution in [3.63, 3.8) is 0 Å². The number of piperidine rings is 1. The molecule has 0 aromatic heterocycles. The lowest BCUT2D eigenvalue weighted by molar-refractivity contribution is -0.121. The van der Waals surface area contributed by atoms with E-state index in [0.29, 0.717) is 23.3 Å². The van der Waals surface area contributed by atoms with Gasteiger partial charge in [-0.05, 0) is 50.8 Å². The van der Waals surface area contributed by atoms with E-state index in [1.54, 1.807) is 18.2 Å². The van der Waals surface area contributed by atoms with Gasteiger partial charge in [-0.3, -0.25) is 9.69 Å². The molecule has 1 aliphatic carbocycles. The summed E-state index contributed by atoms with van der Waals surface area (Å²) in [6, 6.07) is 10.3. The first-order valence-corrected chi connectivity index (χ1v) is 9.47. The number of carbonyl (C=O) groups is 1. The summed E-state index contributed by atoms with van der Waals surface area (Å²) in [5.74, 6) is -0.00251. The van der Waals surface area contributed by atoms with Crippen LogP contribution < -0.4 is 10.6 Å². The molecule has 2 fully saturated rings. The first-order valence-electron chi connectivity index (χ1n) is 9.47. The van der Waals surface area contributed by atoms with Gasteiger partial charge < -0.3 is 10.6 Å². The van der Waals surface area contributed by atoms with Crippen LogP contribution in [-0.4, -0.2) is 42.0 Å². The van der Waals surface area contributed by atoms with Crippen molar-refractivity contribution in [3.8, 4) is 6.07 Å². The van der Waals surface area contributed by atoms with E-state index >= 15 is 0 Å². The van der Waals surface area contributed by atoms with Crippen molar-refractivity contribution >= 4 is 11.6 Å². The minimum Gasteiger partial charge on any atom is -0.325 e. The van der Waals surface area contributed by atoms with Gasteiger partial charge in [-0.1, -0.05) is 18.9 Å². The van der Waals surface area contributed by atoms with E-state index in [1.165, 1.54) is 25.7 Å². The third kappa shape index (κ3) is 4.81. The zero-order chi connectivity index (χ0) is 17.6. The summed E-state index contributed by atoms with van der Waals surface area (Å²) in [6.07, 6.45) is 7.58. The molecular formula is C20H28N4O. The highest BCUT2D eigenvalue weighted by molar-refractivity contribution is 5.94. The predicted octanol–water partition coefficient (Wildman–Crippen LogP) is 2.88. The fourth-order valence-corrected chi connectivity index (χ4v) is 3.96. The second-order valence-electron chi connectivity index (χ2n) is 7.32. The largest absolute Gasteiger partial charge is 0.325 e. The van der Waals surface area contributed by atoms with Crippen LogP contribution in [0.25, 0.3) is 0 Å². The molecule has 134 valence electrons. The highest BCUT2D eigenvalue weighted by Crippen LogP contribution is 2.21. The van der Waals surface area contributed by atoms with Gasteiger partial charge in [0.15, 0.2) is 0 Å². The monoisotopic (exact) mass is 340 g/mol. The van der Waals surface area contributed by atoms with E-state index in [2.05, 4.69) is 21.6 Å². The summed E-state index contributed by atoms with van der Waals surface area (Å²) >= 11 is 0. The number of hydrogen-bond acceptors (Lipinski definition) is 4. The molecule has 0 bridgehead atoms. The molecule has 3 rings (SSSR count). The van der Waals surface area contributed by atoms with Gasteiger partial charge in [0.1, 0.15) is 0 Å². The second kappa shape index (κ2) is 8.46. The Hall–Kier alpha value is -1.90. The molecule has 1 aromatic rings. The normalized spacial score (nSPS) is 21.0. The fourth-order valence-electron chi connectivity index (χ4n) is 3.96. The zero-order valence-corrected chi connectivity index (χ0v) is 15.0. The predicted molar refractivity (Wildman–Crippen MR) is 99.2 cm³/mol. The smallest absolute Gasteiger partial charge is 0.241 e. The van der Waals surface area contributed by atoms with E-state index in [-0.39, 0.29) is 11.9 Å². The number of likely N-dealkylation sites (tertiary alicyclic amines) is 1. The maximum atomic E-state index is 12.5. The van der Waals surface area contributed by atoms with Crippen LogP contribution in [0.2, 0.25) is 0 Å². The van der Waals surface area contributed by atoms with Crippen LogP contribution in [-0.2, 0) is 4.79 Å². The molecular weight excluding hydrogens is 312 g/mol. The highest BCUT2D eigenvalue weighted by atomic mass is 16.2. The number of amides is 1. The van der Waals surface area contributed by atoms with Gasteiger partial charge in [0.2, 0.25) is 5.91 Å². The van der Waals surface area contributed by atoms with Crippen LogP contribution >= 0.6 is 0 Å². The number of rotatable bonds is 5. The Bertz CT molecular complexity index is 625. The number of anilines is 1. The first kappa shape index (κ1) is 17.9. The molecule has 1 aliphatic heterocycles. The summed E-state index contributed by atoms with van der Waals surface area (Å²) in [4.78, 5) is 14.8. The molecule has 1 heterocycles. The standard InChI is InChI=1S/C20H28N4O/c1-15(20(25)23-19-8-4-5-16(13-19)14-21)24-11-9-18(10-12-24)22-17-6-2-3-7-17/h4-5,8,13,15,17-18,22H,2-3,6-7,9-12H2,1H3,(H,23,25)/t15-/m1/s1. The van der Waals surface area contributed by atoms with E-state index in [1.807, 2.05) is 13.0 Å². The van der Waals surface area contributed by atoms with Crippen molar-refractivity contribution in [3.05, 3.63) is 29.8 Å². The van der Waals surface area contributed by atoms with Crippen LogP contribution in [0.15, 0.2) is 24.3 Å². The molecule has 2 aliphatic rings. The number of hydrogen-bond donors (Lipinski definition) is 2. The molecule has 1 saturated heterocycles. The molecule has 1 atom stereocenters. The van der Waals surface area contributed by atoms with E-state index < -0.39 is 0 Å². The third-order valence-corrected chi connectivity index (χ3v) is 5.54. The minimum atomic E-state index is -0.154. The number of carbonyl (C=O) groups excluding carboxylic acids is 1. The van der Waals surface area contributed by atoms with E-state index in [4.69, 9.17) is 5.26 Å². The molecule has 5 heteroatoms. The highest BCUT2D eigenvalue weighted by Gasteiger charge is 2.28. The summed E-state index contributed by atoms with van der Waals surface area (Å²) in [7, 11) is 0. The Morgan fingerprint density at radius 2 is 1.88 bits per heavy atom. The molecule has 1 saturated carbocycles. The van der Waals surface area contributed by atoms with Gasteiger partial charge in [0.25, 0.3) is 0 Å². The van der Waals surface area contributed by atoms with Crippen molar-refractivity contribution < 1.29 is 4.79 Å². The Morgan fingerprint density at radius 1 is 1.20 bits per heavy atom. The average Bonchev–Trinajstić information content (AvgIpc) is 3.15. The quantitative estimate of drug-likeness (QED) is 0.865. The van der Waals surface area contributed by atoms with E-state index in [0.717, 1.165) is 25.9 Å². The van der Waals surface area contributed by atoms with Crippen LogP contribution in [0.5, 0.6) is 0 Å². The van der Waals surface area contributed by atoms with Gasteiger partial charge in [0, 0.05) is 30.9 Å². The summed E-state index contributed by atoms with van der Waals surface area (Å²) in [6.45, 7) is 3.88. The van der Waals surface area contributed by atoms with Gasteiger partial charge in [0.05, 0.1) is 17.7 Å². The molecule has 1 aromatic carbocycles. The second-order valence-corrected chi connectivity index (χ2v) is 7.32. The number of nitriles is 1. The molecule has 2 N–H and O–H groups in total. The number of nitrogens with zero attached hydrogens (tertiary/aromatic N) is 2. The molecule has 5 nitrogen and oxygen atoms in total. The van der Waals surface area contributed by atoms with Gasteiger partial charge >= 0.3 is 0 Å². The van der Waals surface area contributed by atoms with Crippen LogP contribution in [0.1, 0.15) is 51.0 Å². The van der Waals surface area contributed by atoms with Crippen LogP contribution in [0.4, 0.5) is 5.69 Å². The minimum absolute atomic E-state index is 0.00251. The van der Waals surface area contributed by atoms with Crippen molar-refractivity contribution in [2.24, 2.45) is 0 Å². The fraction of sp³-hybridized carbons (Fsp3) is 0.600. The SMILES string of the molecule is C[C@H](C(=O)Nc1cccc(C#N)c1)N1CCC(NC2CCCC2)CC1. The van der Waals surface area contributed by atoms with Crippen molar-refractivity contribution in [2.45, 2.75) is 63.6 Å². The maximum Gasteiger partial charge on any atom is 0.241 e. The lowest BCUT2D eigenvalue weighted by Gasteiger charge is -2.36. The van der Waals surface area contributed by atoms with Crippen molar-refractivity contribution in [1.82, 2.24) is 10.2 Å². The van der Waals surface area contributed by atoms with Gasteiger partial charge in [-0.25, -0.2) is 0 Å². The molecule has 25 heavy (non-hydrogen) atoms. The molecule has 1 amide bonds. The molecule has 0 radical (unpaired) electrons. The Balaban J connectivity index is 1.47. The molecule has 0 unspecified atom stereocenters. The summed E-state index contributed by atoms with van der Waals surface area (Å²) < 4.78 is 0. The molecule has 0 spiro atoms. The summed E-state index contributed by atoms with van der Waals surface area (Å²) in [5.41, 5.74) is 1.25. The Kier molecular flexibility index (Phi) is 6.06. The Morgan fingerprint density at radius 3 is 2.56 bits per heavy atom. The summed E-state index contributed by atoms with van der Waals surface area (Å²) in [5, 5.41) is 15.7. The topological polar surface area (TPSA) is 68.2 Å². The average molecular weight is 340 g/mol. The van der Waals surface area contributed by atoms with Crippen molar-refractivity contribution in [1.29, 1.82) is 5.26 Å². The van der Waals surface area contributed by atoms with Crippen molar-refractivity contribution in [2.75, 3.05) is 18.4 Å². The van der Waals surface area contributed by atoms with Crippen LogP contribution in [0.3, 0.4) is 0 Å². The number of nitrogens with one attached hydrogen (secondary N) is 2. The maximum absolute atomic E-state index is 12.5. The number of benzene rings is 1. The third-order valence-electron chi connectivity index (χ3n) is 5.54. The Labute approximate surface area is 150 Å². The lowest BCUT2D eigenvalue weighted by Crippen LogP contribution is -2.50. The van der Waals surface area contributed by atoms with Gasteiger partial charge in [-0.15, -0.1) is 0 Å².